The quantitative estimate of drug-likeness (QED) is 0.869. The number of hydrogen-bond donors (Lipinski definition) is 1. The van der Waals surface area contributed by atoms with E-state index >= 15 is 0 Å². The van der Waals surface area contributed by atoms with Crippen molar-refractivity contribution in [2.75, 3.05) is 13.1 Å². The van der Waals surface area contributed by atoms with Gasteiger partial charge >= 0.3 is 0 Å². The molecule has 108 valence electrons. The molecule has 0 radical (unpaired) electrons. The van der Waals surface area contributed by atoms with Gasteiger partial charge in [-0.05, 0) is 31.2 Å². The van der Waals surface area contributed by atoms with Gasteiger partial charge < -0.3 is 10.2 Å². The SMILES string of the molecule is O=C1CCC(C(=O)N2CCC(Cn3cccn3)CC2)N1. The van der Waals surface area contributed by atoms with Gasteiger partial charge in [-0.1, -0.05) is 0 Å². The summed E-state index contributed by atoms with van der Waals surface area (Å²) in [5, 5.41) is 6.98. The molecular formula is C14H20N4O2. The number of carbonyl (C=O) groups is 2. The van der Waals surface area contributed by atoms with Gasteiger partial charge in [0, 0.05) is 38.4 Å². The Morgan fingerprint density at radius 3 is 2.75 bits per heavy atom. The Bertz CT molecular complexity index is 477. The Kier molecular flexibility index (Phi) is 3.71. The maximum atomic E-state index is 12.3. The van der Waals surface area contributed by atoms with Crippen LogP contribution < -0.4 is 5.32 Å². The van der Waals surface area contributed by atoms with E-state index in [0.717, 1.165) is 32.5 Å². The molecule has 3 heterocycles. The topological polar surface area (TPSA) is 67.2 Å². The number of nitrogens with zero attached hydrogens (tertiary/aromatic N) is 3. The van der Waals surface area contributed by atoms with Gasteiger partial charge in [0.1, 0.15) is 6.04 Å². The van der Waals surface area contributed by atoms with E-state index in [-0.39, 0.29) is 17.9 Å². The van der Waals surface area contributed by atoms with Crippen LogP contribution in [0.4, 0.5) is 0 Å². The number of aromatic nitrogens is 2. The van der Waals surface area contributed by atoms with Crippen LogP contribution in [0.15, 0.2) is 18.5 Å². The number of hydrogen-bond acceptors (Lipinski definition) is 3. The van der Waals surface area contributed by atoms with Crippen molar-refractivity contribution in [2.24, 2.45) is 5.92 Å². The van der Waals surface area contributed by atoms with Crippen LogP contribution in [-0.4, -0.2) is 45.6 Å². The maximum absolute atomic E-state index is 12.3. The standard InChI is InChI=1S/C14H20N4O2/c19-13-3-2-12(16-13)14(20)17-8-4-11(5-9-17)10-18-7-1-6-15-18/h1,6-7,11-12H,2-5,8-10H2,(H,16,19). The van der Waals surface area contributed by atoms with E-state index in [0.29, 0.717) is 18.8 Å². The fraction of sp³-hybridized carbons (Fsp3) is 0.643. The summed E-state index contributed by atoms with van der Waals surface area (Å²) >= 11 is 0. The zero-order chi connectivity index (χ0) is 13.9. The number of rotatable bonds is 3. The second-order valence-electron chi connectivity index (χ2n) is 5.66. The monoisotopic (exact) mass is 276 g/mol. The minimum Gasteiger partial charge on any atom is -0.344 e. The molecule has 2 saturated heterocycles. The smallest absolute Gasteiger partial charge is 0.245 e. The van der Waals surface area contributed by atoms with Crippen LogP contribution in [0.2, 0.25) is 0 Å². The molecule has 1 unspecified atom stereocenters. The van der Waals surface area contributed by atoms with Crippen LogP contribution in [-0.2, 0) is 16.1 Å². The molecule has 6 nitrogen and oxygen atoms in total. The average Bonchev–Trinajstić information content (AvgIpc) is 3.10. The largest absolute Gasteiger partial charge is 0.344 e. The summed E-state index contributed by atoms with van der Waals surface area (Å²) in [6, 6.07) is 1.65. The van der Waals surface area contributed by atoms with Gasteiger partial charge in [0.05, 0.1) is 0 Å². The minimum atomic E-state index is -0.287. The van der Waals surface area contributed by atoms with Crippen molar-refractivity contribution in [3.8, 4) is 0 Å². The van der Waals surface area contributed by atoms with E-state index in [1.165, 1.54) is 0 Å². The number of carbonyl (C=O) groups excluding carboxylic acids is 2. The van der Waals surface area contributed by atoms with Crippen LogP contribution in [0, 0.1) is 5.92 Å². The Morgan fingerprint density at radius 1 is 1.35 bits per heavy atom. The molecule has 0 bridgehead atoms. The predicted molar refractivity (Wildman–Crippen MR) is 72.7 cm³/mol. The fourth-order valence-corrected chi connectivity index (χ4v) is 3.03. The first kappa shape index (κ1) is 13.1. The van der Waals surface area contributed by atoms with Crippen LogP contribution in [0.25, 0.3) is 0 Å². The van der Waals surface area contributed by atoms with E-state index in [4.69, 9.17) is 0 Å². The molecular weight excluding hydrogens is 256 g/mol. The molecule has 2 amide bonds. The van der Waals surface area contributed by atoms with Crippen LogP contribution in [0.3, 0.4) is 0 Å². The van der Waals surface area contributed by atoms with Gasteiger partial charge in [-0.3, -0.25) is 14.3 Å². The first-order valence-corrected chi connectivity index (χ1v) is 7.28. The highest BCUT2D eigenvalue weighted by atomic mass is 16.2. The lowest BCUT2D eigenvalue weighted by atomic mass is 9.96. The molecule has 1 aromatic heterocycles. The van der Waals surface area contributed by atoms with Crippen molar-refractivity contribution in [3.05, 3.63) is 18.5 Å². The van der Waals surface area contributed by atoms with Crippen LogP contribution in [0.1, 0.15) is 25.7 Å². The predicted octanol–water partition coefficient (Wildman–Crippen LogP) is 0.400. The Labute approximate surface area is 118 Å². The van der Waals surface area contributed by atoms with Crippen molar-refractivity contribution >= 4 is 11.8 Å². The summed E-state index contributed by atoms with van der Waals surface area (Å²) in [6.07, 6.45) is 6.91. The summed E-state index contributed by atoms with van der Waals surface area (Å²) in [4.78, 5) is 25.3. The molecule has 3 rings (SSSR count). The van der Waals surface area contributed by atoms with Gasteiger partial charge in [-0.15, -0.1) is 0 Å². The highest BCUT2D eigenvalue weighted by Gasteiger charge is 2.32. The number of likely N-dealkylation sites (tertiary alicyclic amines) is 1. The molecule has 2 fully saturated rings. The maximum Gasteiger partial charge on any atom is 0.245 e. The van der Waals surface area contributed by atoms with Gasteiger partial charge in [0.2, 0.25) is 11.8 Å². The molecule has 2 aliphatic heterocycles. The second kappa shape index (κ2) is 5.64. The summed E-state index contributed by atoms with van der Waals surface area (Å²) in [6.45, 7) is 2.50. The summed E-state index contributed by atoms with van der Waals surface area (Å²) in [5.74, 6) is 0.669. The minimum absolute atomic E-state index is 0.00285. The second-order valence-corrected chi connectivity index (χ2v) is 5.66. The molecule has 0 spiro atoms. The first-order valence-electron chi connectivity index (χ1n) is 7.28. The van der Waals surface area contributed by atoms with Crippen molar-refractivity contribution in [1.29, 1.82) is 0 Å². The summed E-state index contributed by atoms with van der Waals surface area (Å²) in [5.41, 5.74) is 0. The first-order chi connectivity index (χ1) is 9.72. The lowest BCUT2D eigenvalue weighted by molar-refractivity contribution is -0.135. The van der Waals surface area contributed by atoms with E-state index in [2.05, 4.69) is 10.4 Å². The highest BCUT2D eigenvalue weighted by molar-refractivity contribution is 5.90. The zero-order valence-corrected chi connectivity index (χ0v) is 11.5. The van der Waals surface area contributed by atoms with Gasteiger partial charge in [-0.25, -0.2) is 0 Å². The molecule has 1 atom stereocenters. The third-order valence-corrected chi connectivity index (χ3v) is 4.22. The Morgan fingerprint density at radius 2 is 2.15 bits per heavy atom. The molecule has 0 aromatic carbocycles. The molecule has 0 saturated carbocycles. The Hall–Kier alpha value is -1.85. The Balaban J connectivity index is 1.48. The summed E-state index contributed by atoms with van der Waals surface area (Å²) in [7, 11) is 0. The van der Waals surface area contributed by atoms with Crippen LogP contribution >= 0.6 is 0 Å². The molecule has 2 aliphatic rings. The molecule has 6 heteroatoms. The van der Waals surface area contributed by atoms with E-state index in [9.17, 15) is 9.59 Å². The van der Waals surface area contributed by atoms with Crippen LogP contribution in [0.5, 0.6) is 0 Å². The summed E-state index contributed by atoms with van der Waals surface area (Å²) < 4.78 is 1.96. The normalized spacial score (nSPS) is 23.9. The van der Waals surface area contributed by atoms with E-state index in [1.807, 2.05) is 21.8 Å². The zero-order valence-electron chi connectivity index (χ0n) is 11.5. The van der Waals surface area contributed by atoms with Gasteiger partial charge in [0.15, 0.2) is 0 Å². The van der Waals surface area contributed by atoms with E-state index in [1.54, 1.807) is 6.20 Å². The van der Waals surface area contributed by atoms with Crippen molar-refractivity contribution in [3.63, 3.8) is 0 Å². The van der Waals surface area contributed by atoms with E-state index < -0.39 is 0 Å². The highest BCUT2D eigenvalue weighted by Crippen LogP contribution is 2.20. The van der Waals surface area contributed by atoms with Crippen molar-refractivity contribution in [2.45, 2.75) is 38.3 Å². The molecule has 20 heavy (non-hydrogen) atoms. The number of amides is 2. The third-order valence-electron chi connectivity index (χ3n) is 4.22. The number of piperidine rings is 1. The van der Waals surface area contributed by atoms with Crippen molar-refractivity contribution < 1.29 is 9.59 Å². The lowest BCUT2D eigenvalue weighted by Crippen LogP contribution is -2.47. The van der Waals surface area contributed by atoms with Gasteiger partial charge in [-0.2, -0.15) is 5.10 Å². The molecule has 0 aliphatic carbocycles. The number of nitrogens with one attached hydrogen (secondary N) is 1. The van der Waals surface area contributed by atoms with Gasteiger partial charge in [0.25, 0.3) is 0 Å². The third kappa shape index (κ3) is 2.84. The lowest BCUT2D eigenvalue weighted by Gasteiger charge is -2.33. The average molecular weight is 276 g/mol. The molecule has 1 N–H and O–H groups in total. The fourth-order valence-electron chi connectivity index (χ4n) is 3.03. The van der Waals surface area contributed by atoms with Crippen molar-refractivity contribution in [1.82, 2.24) is 20.0 Å². The molecule has 1 aromatic rings.